The van der Waals surface area contributed by atoms with Crippen LogP contribution in [0.25, 0.3) is 0 Å². The molecule has 124 valence electrons. The number of hydrogen-bond acceptors (Lipinski definition) is 4. The number of ether oxygens (including phenoxy) is 1. The maximum Gasteiger partial charge on any atom is 0.343 e. The van der Waals surface area contributed by atoms with Gasteiger partial charge in [0, 0.05) is 16.6 Å². The molecule has 0 saturated carbocycles. The molecule has 0 aliphatic heterocycles. The van der Waals surface area contributed by atoms with E-state index in [1.54, 1.807) is 48.7 Å². The Kier molecular flexibility index (Phi) is 6.89. The Morgan fingerprint density at radius 1 is 1.29 bits per heavy atom. The van der Waals surface area contributed by atoms with Crippen LogP contribution in [-0.2, 0) is 0 Å². The first-order valence-corrected chi connectivity index (χ1v) is 8.44. The Morgan fingerprint density at radius 3 is 2.75 bits per heavy atom. The molecule has 0 atom stereocenters. The predicted octanol–water partition coefficient (Wildman–Crippen LogP) is 3.49. The van der Waals surface area contributed by atoms with Crippen LogP contribution >= 0.6 is 28.1 Å². The van der Waals surface area contributed by atoms with Gasteiger partial charge in [-0.2, -0.15) is 5.10 Å². The van der Waals surface area contributed by atoms with E-state index in [0.29, 0.717) is 28.5 Å². The lowest BCUT2D eigenvalue weighted by Crippen LogP contribution is -2.31. The summed E-state index contributed by atoms with van der Waals surface area (Å²) >= 11 is 8.42. The highest BCUT2D eigenvalue weighted by Gasteiger charge is 2.11. The zero-order valence-corrected chi connectivity index (χ0v) is 15.4. The molecule has 0 aliphatic carbocycles. The summed E-state index contributed by atoms with van der Waals surface area (Å²) in [7, 11) is 0. The second-order valence-electron chi connectivity index (χ2n) is 4.67. The van der Waals surface area contributed by atoms with E-state index < -0.39 is 5.97 Å². The summed E-state index contributed by atoms with van der Waals surface area (Å²) < 4.78 is 6.31. The predicted molar refractivity (Wildman–Crippen MR) is 103 cm³/mol. The molecule has 0 aromatic heterocycles. The van der Waals surface area contributed by atoms with E-state index in [1.807, 2.05) is 13.0 Å². The van der Waals surface area contributed by atoms with Gasteiger partial charge in [0.1, 0.15) is 5.75 Å². The maximum atomic E-state index is 12.2. The highest BCUT2D eigenvalue weighted by Crippen LogP contribution is 2.22. The van der Waals surface area contributed by atoms with Crippen molar-refractivity contribution >= 4 is 45.4 Å². The van der Waals surface area contributed by atoms with E-state index >= 15 is 0 Å². The molecule has 0 spiro atoms. The first kappa shape index (κ1) is 18.1. The molecule has 24 heavy (non-hydrogen) atoms. The van der Waals surface area contributed by atoms with Crippen molar-refractivity contribution in [2.24, 2.45) is 5.10 Å². The Balaban J connectivity index is 2.14. The van der Waals surface area contributed by atoms with Crippen molar-refractivity contribution in [3.8, 4) is 5.75 Å². The lowest BCUT2D eigenvalue weighted by molar-refractivity contribution is 0.0734. The second-order valence-corrected chi connectivity index (χ2v) is 5.99. The zero-order valence-electron chi connectivity index (χ0n) is 13.0. The molecule has 7 heteroatoms. The molecule has 2 rings (SSSR count). The molecule has 0 saturated heterocycles. The van der Waals surface area contributed by atoms with Gasteiger partial charge in [-0.15, -0.1) is 0 Å². The summed E-state index contributed by atoms with van der Waals surface area (Å²) in [5.41, 5.74) is 3.82. The van der Waals surface area contributed by atoms with Crippen molar-refractivity contribution < 1.29 is 9.53 Å². The van der Waals surface area contributed by atoms with Crippen LogP contribution in [0.4, 0.5) is 0 Å². The Labute approximate surface area is 154 Å². The highest BCUT2D eigenvalue weighted by atomic mass is 79.9. The number of esters is 1. The lowest BCUT2D eigenvalue weighted by atomic mass is 10.2. The molecular formula is C17H16BrN3O2S. The van der Waals surface area contributed by atoms with Crippen LogP contribution in [0.2, 0.25) is 0 Å². The fourth-order valence-electron chi connectivity index (χ4n) is 1.81. The molecule has 2 aromatic rings. The van der Waals surface area contributed by atoms with Crippen LogP contribution < -0.4 is 15.5 Å². The number of rotatable bonds is 5. The summed E-state index contributed by atoms with van der Waals surface area (Å²) in [4.78, 5) is 12.2. The fourth-order valence-corrected chi connectivity index (χ4v) is 2.38. The summed E-state index contributed by atoms with van der Waals surface area (Å²) in [5, 5.41) is 7.40. The minimum Gasteiger partial charge on any atom is -0.422 e. The molecule has 0 aliphatic rings. The monoisotopic (exact) mass is 405 g/mol. The molecule has 2 N–H and O–H groups in total. The number of carbonyl (C=O) groups excluding carboxylic acids is 1. The second kappa shape index (κ2) is 9.14. The molecule has 0 amide bonds. The summed E-state index contributed by atoms with van der Waals surface area (Å²) in [5.74, 6) is -0.0179. The van der Waals surface area contributed by atoms with Gasteiger partial charge >= 0.3 is 5.97 Å². The largest absolute Gasteiger partial charge is 0.422 e. The van der Waals surface area contributed by atoms with E-state index in [4.69, 9.17) is 17.0 Å². The van der Waals surface area contributed by atoms with Gasteiger partial charge in [-0.05, 0) is 49.5 Å². The van der Waals surface area contributed by atoms with Crippen molar-refractivity contribution in [3.05, 3.63) is 64.1 Å². The van der Waals surface area contributed by atoms with E-state index in [0.717, 1.165) is 4.47 Å². The van der Waals surface area contributed by atoms with Crippen molar-refractivity contribution in [2.45, 2.75) is 6.92 Å². The first-order valence-electron chi connectivity index (χ1n) is 7.24. The van der Waals surface area contributed by atoms with Crippen LogP contribution in [-0.4, -0.2) is 23.8 Å². The van der Waals surface area contributed by atoms with Gasteiger partial charge in [-0.1, -0.05) is 34.1 Å². The molecule has 0 bridgehead atoms. The number of nitrogens with one attached hydrogen (secondary N) is 2. The molecule has 0 heterocycles. The van der Waals surface area contributed by atoms with E-state index in [1.165, 1.54) is 0 Å². The molecular weight excluding hydrogens is 390 g/mol. The Hall–Kier alpha value is -2.25. The van der Waals surface area contributed by atoms with Gasteiger partial charge in [-0.3, -0.25) is 5.43 Å². The van der Waals surface area contributed by atoms with Crippen LogP contribution in [0, 0.1) is 0 Å². The third-order valence-electron chi connectivity index (χ3n) is 2.89. The maximum absolute atomic E-state index is 12.2. The number of carbonyl (C=O) groups is 1. The van der Waals surface area contributed by atoms with E-state index in [-0.39, 0.29) is 0 Å². The van der Waals surface area contributed by atoms with Crippen molar-refractivity contribution in [1.82, 2.24) is 10.7 Å². The number of thiocarbonyl (C=S) groups is 1. The number of benzene rings is 2. The van der Waals surface area contributed by atoms with Crippen LogP contribution in [0.3, 0.4) is 0 Å². The number of halogens is 1. The molecule has 5 nitrogen and oxygen atoms in total. The van der Waals surface area contributed by atoms with Gasteiger partial charge in [0.05, 0.1) is 11.8 Å². The SMILES string of the molecule is CCNC(=S)NN=Cc1cc(Br)ccc1OC(=O)c1ccccc1. The summed E-state index contributed by atoms with van der Waals surface area (Å²) in [6.07, 6.45) is 1.54. The smallest absolute Gasteiger partial charge is 0.343 e. The minimum absolute atomic E-state index is 0.409. The highest BCUT2D eigenvalue weighted by molar-refractivity contribution is 9.10. The molecule has 0 unspecified atom stereocenters. The van der Waals surface area contributed by atoms with Crippen molar-refractivity contribution in [1.29, 1.82) is 0 Å². The average molecular weight is 406 g/mol. The fraction of sp³-hybridized carbons (Fsp3) is 0.118. The van der Waals surface area contributed by atoms with Gasteiger partial charge in [-0.25, -0.2) is 4.79 Å². The zero-order chi connectivity index (χ0) is 17.4. The normalized spacial score (nSPS) is 10.4. The average Bonchev–Trinajstić information content (AvgIpc) is 2.58. The third kappa shape index (κ3) is 5.43. The van der Waals surface area contributed by atoms with E-state index in [9.17, 15) is 4.79 Å². The molecule has 0 radical (unpaired) electrons. The molecule has 0 fully saturated rings. The summed E-state index contributed by atoms with van der Waals surface area (Å²) in [6, 6.07) is 14.1. The number of nitrogens with zero attached hydrogens (tertiary/aromatic N) is 1. The number of hydrogen-bond donors (Lipinski definition) is 2. The quantitative estimate of drug-likeness (QED) is 0.262. The Morgan fingerprint density at radius 2 is 2.04 bits per heavy atom. The van der Waals surface area contributed by atoms with Crippen LogP contribution in [0.5, 0.6) is 5.75 Å². The molecule has 2 aromatic carbocycles. The van der Waals surface area contributed by atoms with Crippen molar-refractivity contribution in [3.63, 3.8) is 0 Å². The van der Waals surface area contributed by atoms with Crippen LogP contribution in [0.15, 0.2) is 58.1 Å². The van der Waals surface area contributed by atoms with Gasteiger partial charge in [0.25, 0.3) is 0 Å². The van der Waals surface area contributed by atoms with Crippen molar-refractivity contribution in [2.75, 3.05) is 6.54 Å². The third-order valence-corrected chi connectivity index (χ3v) is 3.62. The van der Waals surface area contributed by atoms with Gasteiger partial charge < -0.3 is 10.1 Å². The number of hydrazone groups is 1. The summed E-state index contributed by atoms with van der Waals surface area (Å²) in [6.45, 7) is 2.64. The van der Waals surface area contributed by atoms with Crippen LogP contribution in [0.1, 0.15) is 22.8 Å². The van der Waals surface area contributed by atoms with E-state index in [2.05, 4.69) is 31.8 Å². The Bertz CT molecular complexity index is 751. The minimum atomic E-state index is -0.427. The first-order chi connectivity index (χ1) is 11.6. The lowest BCUT2D eigenvalue weighted by Gasteiger charge is -2.08. The topological polar surface area (TPSA) is 62.7 Å². The van der Waals surface area contributed by atoms with Gasteiger partial charge in [0.2, 0.25) is 0 Å². The standard InChI is InChI=1S/C17H16BrN3O2S/c1-2-19-17(24)21-20-11-13-10-14(18)8-9-15(13)23-16(22)12-6-4-3-5-7-12/h3-11H,2H2,1H3,(H2,19,21,24). The van der Waals surface area contributed by atoms with Gasteiger partial charge in [0.15, 0.2) is 5.11 Å².